The number of carboxylic acids is 1. The highest BCUT2D eigenvalue weighted by Gasteiger charge is 2.29. The summed E-state index contributed by atoms with van der Waals surface area (Å²) in [4.78, 5) is 22.5. The predicted molar refractivity (Wildman–Crippen MR) is 82.0 cm³/mol. The molecule has 0 saturated heterocycles. The van der Waals surface area contributed by atoms with E-state index in [-0.39, 0.29) is 16.2 Å². The van der Waals surface area contributed by atoms with Gasteiger partial charge in [-0.1, -0.05) is 41.9 Å². The molecule has 1 aliphatic heterocycles. The number of carboxylic acid groups (broad SMARTS) is 1. The van der Waals surface area contributed by atoms with E-state index in [0.717, 1.165) is 5.56 Å². The first-order chi connectivity index (χ1) is 10.6. The van der Waals surface area contributed by atoms with Gasteiger partial charge in [0.2, 0.25) is 0 Å². The van der Waals surface area contributed by atoms with Crippen LogP contribution in [0.25, 0.3) is 5.03 Å². The topological polar surface area (TPSA) is 63.6 Å². The highest BCUT2D eigenvalue weighted by molar-refractivity contribution is 6.51. The molecular formula is C17H11ClO4. The molecule has 0 fully saturated rings. The third-order valence-corrected chi connectivity index (χ3v) is 3.89. The number of rotatable bonds is 3. The largest absolute Gasteiger partial charge is 0.480 e. The number of aldehydes is 1. The minimum atomic E-state index is -1.06. The Labute approximate surface area is 131 Å². The third-order valence-electron chi connectivity index (χ3n) is 3.47. The van der Waals surface area contributed by atoms with Gasteiger partial charge in [-0.15, -0.1) is 0 Å². The van der Waals surface area contributed by atoms with Gasteiger partial charge >= 0.3 is 5.97 Å². The quantitative estimate of drug-likeness (QED) is 0.878. The summed E-state index contributed by atoms with van der Waals surface area (Å²) in [5.41, 5.74) is 1.58. The van der Waals surface area contributed by atoms with Gasteiger partial charge in [0.05, 0.1) is 16.2 Å². The van der Waals surface area contributed by atoms with Crippen LogP contribution in [0.2, 0.25) is 0 Å². The fraction of sp³-hybridized carbons (Fsp3) is 0.0588. The molecule has 4 nitrogen and oxygen atoms in total. The highest BCUT2D eigenvalue weighted by Crippen LogP contribution is 2.43. The Morgan fingerprint density at radius 3 is 2.55 bits per heavy atom. The molecule has 1 unspecified atom stereocenters. The molecule has 2 aromatic carbocycles. The molecule has 1 N–H and O–H groups in total. The third kappa shape index (κ3) is 2.38. The van der Waals surface area contributed by atoms with Crippen molar-refractivity contribution in [2.75, 3.05) is 0 Å². The van der Waals surface area contributed by atoms with Crippen molar-refractivity contribution in [3.05, 3.63) is 70.8 Å². The Hall–Kier alpha value is -2.59. The Kier molecular flexibility index (Phi) is 3.69. The normalized spacial score (nSPS) is 16.7. The summed E-state index contributed by atoms with van der Waals surface area (Å²) >= 11 is 6.31. The molecule has 0 saturated carbocycles. The van der Waals surface area contributed by atoms with Crippen LogP contribution in [0, 0.1) is 0 Å². The van der Waals surface area contributed by atoms with E-state index in [1.165, 1.54) is 12.1 Å². The number of aromatic carboxylic acids is 1. The lowest BCUT2D eigenvalue weighted by molar-refractivity contribution is -0.105. The van der Waals surface area contributed by atoms with E-state index in [4.69, 9.17) is 21.4 Å². The fourth-order valence-corrected chi connectivity index (χ4v) is 2.68. The number of halogens is 1. The average molecular weight is 315 g/mol. The van der Waals surface area contributed by atoms with Crippen LogP contribution in [0.1, 0.15) is 27.6 Å². The molecule has 22 heavy (non-hydrogen) atoms. The van der Waals surface area contributed by atoms with Crippen LogP contribution in [0.4, 0.5) is 0 Å². The van der Waals surface area contributed by atoms with E-state index in [0.29, 0.717) is 17.6 Å². The smallest absolute Gasteiger partial charge is 0.335 e. The standard InChI is InChI=1S/C17H11ClO4/c18-15-12-8-11(17(20)21)6-7-14(12)22-16(13(15)9-19)10-4-2-1-3-5-10/h1-9,16H,(H,20,21). The van der Waals surface area contributed by atoms with E-state index < -0.39 is 12.1 Å². The molecule has 1 aliphatic rings. The van der Waals surface area contributed by atoms with Gasteiger partial charge < -0.3 is 9.84 Å². The van der Waals surface area contributed by atoms with Crippen molar-refractivity contribution in [1.29, 1.82) is 0 Å². The summed E-state index contributed by atoms with van der Waals surface area (Å²) in [7, 11) is 0. The second kappa shape index (κ2) is 5.66. The van der Waals surface area contributed by atoms with Crippen LogP contribution in [-0.4, -0.2) is 17.4 Å². The summed E-state index contributed by atoms with van der Waals surface area (Å²) in [5, 5.41) is 9.27. The van der Waals surface area contributed by atoms with Crippen molar-refractivity contribution in [2.24, 2.45) is 0 Å². The molecule has 0 amide bonds. The van der Waals surface area contributed by atoms with Gasteiger partial charge in [-0.25, -0.2) is 4.79 Å². The lowest BCUT2D eigenvalue weighted by atomic mass is 9.96. The van der Waals surface area contributed by atoms with Gasteiger partial charge in [-0.3, -0.25) is 4.79 Å². The van der Waals surface area contributed by atoms with Gasteiger partial charge in [0.1, 0.15) is 5.75 Å². The molecule has 3 rings (SSSR count). The zero-order valence-electron chi connectivity index (χ0n) is 11.3. The summed E-state index contributed by atoms with van der Waals surface area (Å²) < 4.78 is 5.86. The molecular weight excluding hydrogens is 304 g/mol. The highest BCUT2D eigenvalue weighted by atomic mass is 35.5. The van der Waals surface area contributed by atoms with E-state index in [1.54, 1.807) is 6.07 Å². The zero-order chi connectivity index (χ0) is 15.7. The SMILES string of the molecule is O=CC1=C(Cl)c2cc(C(=O)O)ccc2OC1c1ccccc1. The van der Waals surface area contributed by atoms with Gasteiger partial charge in [-0.2, -0.15) is 0 Å². The first-order valence-electron chi connectivity index (χ1n) is 6.56. The first kappa shape index (κ1) is 14.4. The molecule has 110 valence electrons. The molecule has 0 bridgehead atoms. The van der Waals surface area contributed by atoms with Gasteiger partial charge in [0.25, 0.3) is 0 Å². The van der Waals surface area contributed by atoms with Crippen LogP contribution >= 0.6 is 11.6 Å². The fourth-order valence-electron chi connectivity index (χ4n) is 2.39. The lowest BCUT2D eigenvalue weighted by Crippen LogP contribution is -2.17. The van der Waals surface area contributed by atoms with E-state index in [1.807, 2.05) is 30.3 Å². The number of carbonyl (C=O) groups is 2. The maximum Gasteiger partial charge on any atom is 0.335 e. The van der Waals surface area contributed by atoms with Crippen LogP contribution in [0.15, 0.2) is 54.1 Å². The van der Waals surface area contributed by atoms with Gasteiger partial charge in [0, 0.05) is 5.56 Å². The number of benzene rings is 2. The number of hydrogen-bond donors (Lipinski definition) is 1. The van der Waals surface area contributed by atoms with Crippen molar-refractivity contribution in [3.8, 4) is 5.75 Å². The van der Waals surface area contributed by atoms with Crippen LogP contribution in [0.5, 0.6) is 5.75 Å². The van der Waals surface area contributed by atoms with Crippen molar-refractivity contribution < 1.29 is 19.4 Å². The van der Waals surface area contributed by atoms with Crippen LogP contribution < -0.4 is 4.74 Å². The zero-order valence-corrected chi connectivity index (χ0v) is 12.1. The maximum absolute atomic E-state index is 11.4. The molecule has 0 spiro atoms. The second-order valence-corrected chi connectivity index (χ2v) is 5.19. The van der Waals surface area contributed by atoms with Crippen LogP contribution in [0.3, 0.4) is 0 Å². The van der Waals surface area contributed by atoms with Crippen molar-refractivity contribution in [2.45, 2.75) is 6.10 Å². The minimum absolute atomic E-state index is 0.0870. The maximum atomic E-state index is 11.4. The number of fused-ring (bicyclic) bond motifs is 1. The number of carbonyl (C=O) groups excluding carboxylic acids is 1. The summed E-state index contributed by atoms with van der Waals surface area (Å²) in [6, 6.07) is 13.6. The molecule has 2 aromatic rings. The average Bonchev–Trinajstić information content (AvgIpc) is 2.55. The van der Waals surface area contributed by atoms with Crippen molar-refractivity contribution in [1.82, 2.24) is 0 Å². The molecule has 0 aliphatic carbocycles. The summed E-state index contributed by atoms with van der Waals surface area (Å²) in [6.45, 7) is 0. The van der Waals surface area contributed by atoms with Crippen LogP contribution in [-0.2, 0) is 4.79 Å². The molecule has 1 atom stereocenters. The number of hydrogen-bond acceptors (Lipinski definition) is 3. The Morgan fingerprint density at radius 1 is 1.18 bits per heavy atom. The van der Waals surface area contributed by atoms with E-state index >= 15 is 0 Å². The summed E-state index contributed by atoms with van der Waals surface area (Å²) in [6.07, 6.45) is 0.0468. The van der Waals surface area contributed by atoms with Gasteiger partial charge in [0.15, 0.2) is 12.4 Å². The van der Waals surface area contributed by atoms with E-state index in [9.17, 15) is 9.59 Å². The predicted octanol–water partition coefficient (Wildman–Crippen LogP) is 3.67. The lowest BCUT2D eigenvalue weighted by Gasteiger charge is -2.27. The first-order valence-corrected chi connectivity index (χ1v) is 6.93. The van der Waals surface area contributed by atoms with Gasteiger partial charge in [-0.05, 0) is 23.8 Å². The number of ether oxygens (including phenoxy) is 1. The van der Waals surface area contributed by atoms with Crippen molar-refractivity contribution in [3.63, 3.8) is 0 Å². The Bertz CT molecular complexity index is 781. The Balaban J connectivity index is 2.14. The molecule has 0 aromatic heterocycles. The minimum Gasteiger partial charge on any atom is -0.480 e. The van der Waals surface area contributed by atoms with Crippen molar-refractivity contribution >= 4 is 28.9 Å². The Morgan fingerprint density at radius 2 is 1.91 bits per heavy atom. The summed E-state index contributed by atoms with van der Waals surface area (Å²) in [5.74, 6) is -0.612. The molecule has 5 heteroatoms. The monoisotopic (exact) mass is 314 g/mol. The molecule has 1 heterocycles. The second-order valence-electron chi connectivity index (χ2n) is 4.81. The van der Waals surface area contributed by atoms with E-state index in [2.05, 4.69) is 0 Å². The molecule has 0 radical (unpaired) electrons.